The van der Waals surface area contributed by atoms with Crippen LogP contribution in [0.2, 0.25) is 0 Å². The number of carbonyl (C=O) groups is 3. The Morgan fingerprint density at radius 1 is 0.257 bits per heavy atom. The van der Waals surface area contributed by atoms with Gasteiger partial charge in [-0.15, -0.1) is 0 Å². The first-order valence-electron chi connectivity index (χ1n) is 44.4. The number of rotatable bonds is 83. The molecule has 0 rings (SSSR count). The Kier molecular flexibility index (Phi) is 82.4. The molecule has 113 heavy (non-hydrogen) atoms. The van der Waals surface area contributed by atoms with Crippen molar-refractivity contribution in [3.63, 3.8) is 0 Å². The first-order valence-corrected chi connectivity index (χ1v) is 47.4. The predicted octanol–water partition coefficient (Wildman–Crippen LogP) is 27.1. The molecule has 0 aliphatic carbocycles. The molecule has 18 heteroatoms. The van der Waals surface area contributed by atoms with Gasteiger partial charge in [-0.25, -0.2) is 9.13 Å². The van der Waals surface area contributed by atoms with Crippen LogP contribution in [0, 0.1) is 0 Å². The van der Waals surface area contributed by atoms with Crippen LogP contribution >= 0.6 is 15.6 Å². The van der Waals surface area contributed by atoms with Crippen LogP contribution in [0.1, 0.15) is 355 Å². The van der Waals surface area contributed by atoms with Gasteiger partial charge >= 0.3 is 33.6 Å². The molecule has 0 aliphatic rings. The van der Waals surface area contributed by atoms with E-state index in [2.05, 4.69) is 191 Å². The molecule has 5 unspecified atom stereocenters. The number of allylic oxidation sites excluding steroid dienone is 28. The van der Waals surface area contributed by atoms with E-state index in [0.717, 1.165) is 167 Å². The van der Waals surface area contributed by atoms with Crippen LogP contribution in [0.25, 0.3) is 0 Å². The highest BCUT2D eigenvalue weighted by molar-refractivity contribution is 7.47. The zero-order chi connectivity index (χ0) is 82.2. The van der Waals surface area contributed by atoms with E-state index >= 15 is 0 Å². The topological polar surface area (TPSA) is 231 Å². The van der Waals surface area contributed by atoms with Crippen molar-refractivity contribution in [1.29, 1.82) is 0 Å². The minimum atomic E-state index is -4.95. The van der Waals surface area contributed by atoms with E-state index in [4.69, 9.17) is 32.3 Å². The van der Waals surface area contributed by atoms with E-state index in [0.29, 0.717) is 19.3 Å². The van der Waals surface area contributed by atoms with E-state index in [9.17, 15) is 43.5 Å². The van der Waals surface area contributed by atoms with E-state index in [-0.39, 0.29) is 19.3 Å². The van der Waals surface area contributed by atoms with E-state index in [1.807, 2.05) is 0 Å². The summed E-state index contributed by atoms with van der Waals surface area (Å²) in [7, 11) is -9.82. The maximum atomic E-state index is 13.1. The second-order valence-electron chi connectivity index (χ2n) is 29.3. The number of carbonyl (C=O) groups excluding carboxylic acids is 3. The fraction of sp³-hybridized carbons (Fsp3) is 0.674. The van der Waals surface area contributed by atoms with E-state index in [1.54, 1.807) is 0 Å². The minimum Gasteiger partial charge on any atom is -0.463 e. The lowest BCUT2D eigenvalue weighted by atomic mass is 10.0. The Morgan fingerprint density at radius 3 is 0.743 bits per heavy atom. The Labute approximate surface area is 688 Å². The maximum Gasteiger partial charge on any atom is 0.472 e. The molecule has 0 spiro atoms. The van der Waals surface area contributed by atoms with Crippen LogP contribution in [0.3, 0.4) is 0 Å². The predicted molar refractivity (Wildman–Crippen MR) is 472 cm³/mol. The van der Waals surface area contributed by atoms with Crippen molar-refractivity contribution in [3.05, 3.63) is 170 Å². The van der Waals surface area contributed by atoms with Crippen molar-refractivity contribution in [3.8, 4) is 0 Å². The summed E-state index contributed by atoms with van der Waals surface area (Å²) < 4.78 is 61.4. The summed E-state index contributed by atoms with van der Waals surface area (Å²) in [6.07, 6.45) is 111. The molecule has 0 fully saturated rings. The first kappa shape index (κ1) is 108. The van der Waals surface area contributed by atoms with Gasteiger partial charge in [-0.3, -0.25) is 32.5 Å². The third-order valence-electron chi connectivity index (χ3n) is 18.4. The third kappa shape index (κ3) is 87.6. The zero-order valence-corrected chi connectivity index (χ0v) is 72.8. The fourth-order valence-electron chi connectivity index (χ4n) is 11.7. The number of unbranched alkanes of at least 4 members (excludes halogenated alkanes) is 32. The van der Waals surface area contributed by atoms with Gasteiger partial charge in [0.25, 0.3) is 0 Å². The van der Waals surface area contributed by atoms with Crippen molar-refractivity contribution in [1.82, 2.24) is 0 Å². The van der Waals surface area contributed by atoms with Crippen molar-refractivity contribution >= 4 is 33.6 Å². The SMILES string of the molecule is CC/C=C\C/C=C\C/C=C\C/C=C\C/C=C\C/C=C\CCCCCCC(=O)OCC(COP(=O)(O)OCC(O)COP(=O)(O)OCC(O)COC(=O)CCCCCCCCCCCCCCCCC/C=C\C/C=C\C/C=C\C/C=C\CCCCC)OC(=O)CCCCCCCCC/C=C\C/C=C\C/C=C\C/C=C\CCCCC. The second-order valence-corrected chi connectivity index (χ2v) is 32.2. The van der Waals surface area contributed by atoms with Gasteiger partial charge in [0.15, 0.2) is 6.10 Å². The number of phosphoric acid groups is 2. The largest absolute Gasteiger partial charge is 0.472 e. The highest BCUT2D eigenvalue weighted by Gasteiger charge is 2.29. The molecule has 646 valence electrons. The molecule has 0 radical (unpaired) electrons. The van der Waals surface area contributed by atoms with Crippen LogP contribution < -0.4 is 0 Å². The van der Waals surface area contributed by atoms with Gasteiger partial charge in [0.05, 0.1) is 26.4 Å². The van der Waals surface area contributed by atoms with Crippen molar-refractivity contribution in [2.45, 2.75) is 373 Å². The summed E-state index contributed by atoms with van der Waals surface area (Å²) in [5, 5.41) is 20.7. The highest BCUT2D eigenvalue weighted by atomic mass is 31.2. The first-order chi connectivity index (χ1) is 55.2. The molecular weight excluding hydrogens is 1460 g/mol. The van der Waals surface area contributed by atoms with Gasteiger partial charge in [-0.05, 0) is 161 Å². The summed E-state index contributed by atoms with van der Waals surface area (Å²) in [4.78, 5) is 58.9. The molecule has 0 aromatic carbocycles. The fourth-order valence-corrected chi connectivity index (χ4v) is 13.2. The van der Waals surface area contributed by atoms with Crippen LogP contribution in [0.15, 0.2) is 170 Å². The number of aliphatic hydroxyl groups is 2. The molecule has 0 aromatic heterocycles. The molecule has 0 amide bonds. The zero-order valence-electron chi connectivity index (χ0n) is 71.0. The Hall–Kier alpha value is -5.09. The van der Waals surface area contributed by atoms with Gasteiger partial charge in [0.2, 0.25) is 0 Å². The summed E-state index contributed by atoms with van der Waals surface area (Å²) >= 11 is 0. The van der Waals surface area contributed by atoms with Gasteiger partial charge in [0, 0.05) is 19.3 Å². The lowest BCUT2D eigenvalue weighted by molar-refractivity contribution is -0.161. The quantitative estimate of drug-likeness (QED) is 0.0146. The van der Waals surface area contributed by atoms with Gasteiger partial charge < -0.3 is 34.2 Å². The molecule has 0 aliphatic heterocycles. The van der Waals surface area contributed by atoms with Crippen molar-refractivity contribution in [2.75, 3.05) is 39.6 Å². The van der Waals surface area contributed by atoms with Gasteiger partial charge in [-0.2, -0.15) is 0 Å². The van der Waals surface area contributed by atoms with Gasteiger partial charge in [0.1, 0.15) is 25.4 Å². The van der Waals surface area contributed by atoms with Crippen LogP contribution in [0.4, 0.5) is 0 Å². The number of ether oxygens (including phenoxy) is 3. The average Bonchev–Trinajstić information content (AvgIpc) is 0.902. The number of hydrogen-bond donors (Lipinski definition) is 4. The van der Waals surface area contributed by atoms with E-state index in [1.165, 1.54) is 128 Å². The molecular formula is C95H160O16P2. The van der Waals surface area contributed by atoms with Crippen molar-refractivity contribution in [2.24, 2.45) is 0 Å². The Bertz CT molecular complexity index is 2730. The highest BCUT2D eigenvalue weighted by Crippen LogP contribution is 2.45. The van der Waals surface area contributed by atoms with Crippen LogP contribution in [-0.4, -0.2) is 95.9 Å². The smallest absolute Gasteiger partial charge is 0.463 e. The van der Waals surface area contributed by atoms with Crippen molar-refractivity contribution < 1.29 is 75.8 Å². The summed E-state index contributed by atoms with van der Waals surface area (Å²) in [6, 6.07) is 0. The number of hydrogen-bond acceptors (Lipinski definition) is 14. The normalized spacial score (nSPS) is 14.6. The Morgan fingerprint density at radius 2 is 0.469 bits per heavy atom. The summed E-state index contributed by atoms with van der Waals surface area (Å²) in [5.74, 6) is -1.62. The van der Waals surface area contributed by atoms with Gasteiger partial charge in [-0.1, -0.05) is 345 Å². The summed E-state index contributed by atoms with van der Waals surface area (Å²) in [5.41, 5.74) is 0. The standard InChI is InChI=1S/C95H160O16P2/c1-4-7-10-13-16-19-22-25-28-31-34-37-40-41-42-43-44-45-46-47-50-52-54-57-60-63-66-69-72-75-78-81-93(98)105-84-90(96)85-107-112(101,102)108-86-91(97)87-109-113(103,104)110-89-92(111-95(100)83-80-77-74-71-68-65-62-59-56-53-49-39-36-33-30-27-24-21-18-15-12-9-6-3)88-106-94(99)82-79-76-73-70-67-64-61-58-55-51-48-38-35-32-29-26-23-20-17-14-11-8-5-2/h8,11,16-21,25-30,34-39,41-42,51,53,55-56,61,64,90-92,96-97H,4-7,9-10,12-15,22-24,31-33,40,43-50,52,54,57-60,62-63,65-89H2,1-3H3,(H,101,102)(H,103,104)/b11-8-,19-16-,20-17-,21-18-,28-25-,29-26-,30-27-,37-34-,38-35-,39-36-,42-41-,55-51-,56-53-,64-61-. The molecule has 0 saturated heterocycles. The Balaban J connectivity index is 4.64. The number of aliphatic hydroxyl groups excluding tert-OH is 2. The molecule has 0 heterocycles. The monoisotopic (exact) mass is 1620 g/mol. The van der Waals surface area contributed by atoms with Crippen LogP contribution in [0.5, 0.6) is 0 Å². The number of esters is 3. The van der Waals surface area contributed by atoms with Crippen LogP contribution in [-0.2, 0) is 55.8 Å². The lowest BCUT2D eigenvalue weighted by Crippen LogP contribution is -2.30. The molecule has 0 bridgehead atoms. The maximum absolute atomic E-state index is 13.1. The third-order valence-corrected chi connectivity index (χ3v) is 20.3. The molecule has 0 saturated carbocycles. The summed E-state index contributed by atoms with van der Waals surface area (Å²) in [6.45, 7) is 2.49. The molecule has 5 atom stereocenters. The number of phosphoric ester groups is 2. The minimum absolute atomic E-state index is 0.0802. The second kappa shape index (κ2) is 86.3. The molecule has 16 nitrogen and oxygen atoms in total. The molecule has 0 aromatic rings. The average molecular weight is 1620 g/mol. The lowest BCUT2D eigenvalue weighted by Gasteiger charge is -2.21. The van der Waals surface area contributed by atoms with E-state index < -0.39 is 91.5 Å². The molecule has 4 N–H and O–H groups in total.